The molecule has 0 aromatic heterocycles. The van der Waals surface area contributed by atoms with E-state index in [-0.39, 0.29) is 18.3 Å². The number of aliphatic imine (C=N–C) groups is 1. The molecule has 0 radical (unpaired) electrons. The first-order valence-corrected chi connectivity index (χ1v) is 8.88. The lowest BCUT2D eigenvalue weighted by Crippen LogP contribution is -2.54. The zero-order valence-corrected chi connectivity index (χ0v) is 15.9. The molecule has 1 aliphatic heterocycles. The molecule has 1 heterocycles. The molecule has 1 saturated carbocycles. The number of carbonyl (C=O) groups is 1. The zero-order chi connectivity index (χ0) is 20.3. The Morgan fingerprint density at radius 3 is 2.44 bits per heavy atom. The van der Waals surface area contributed by atoms with Crippen molar-refractivity contribution in [1.29, 1.82) is 0 Å². The summed E-state index contributed by atoms with van der Waals surface area (Å²) in [7, 11) is 1.86. The topological polar surface area (TPSA) is 70.7 Å². The second kappa shape index (κ2) is 5.87. The van der Waals surface area contributed by atoms with E-state index >= 15 is 0 Å². The molecule has 3 N–H and O–H groups in total. The molecule has 1 aliphatic carbocycles. The van der Waals surface area contributed by atoms with Gasteiger partial charge in [0.1, 0.15) is 5.41 Å². The van der Waals surface area contributed by atoms with Gasteiger partial charge in [-0.05, 0) is 37.5 Å². The molecule has 1 aromatic rings. The highest BCUT2D eigenvalue weighted by molar-refractivity contribution is 5.98. The van der Waals surface area contributed by atoms with Crippen LogP contribution in [0.25, 0.3) is 0 Å². The van der Waals surface area contributed by atoms with Gasteiger partial charge in [-0.3, -0.25) is 4.79 Å². The van der Waals surface area contributed by atoms with Crippen LogP contribution < -0.4 is 11.1 Å². The third-order valence-corrected chi connectivity index (χ3v) is 6.09. The molecule has 0 saturated heterocycles. The summed E-state index contributed by atoms with van der Waals surface area (Å²) in [4.78, 5) is 18.8. The summed E-state index contributed by atoms with van der Waals surface area (Å²) < 4.78 is 39.5. The third-order valence-electron chi connectivity index (χ3n) is 6.09. The molecule has 1 aromatic carbocycles. The van der Waals surface area contributed by atoms with Gasteiger partial charge in [-0.1, -0.05) is 26.0 Å². The number of halogens is 3. The maximum Gasteiger partial charge on any atom is 0.403 e. The largest absolute Gasteiger partial charge is 0.403 e. The summed E-state index contributed by atoms with van der Waals surface area (Å²) in [5.41, 5.74) is 3.94. The van der Waals surface area contributed by atoms with E-state index in [1.54, 1.807) is 18.2 Å². The van der Waals surface area contributed by atoms with Gasteiger partial charge >= 0.3 is 6.18 Å². The van der Waals surface area contributed by atoms with E-state index in [0.717, 1.165) is 5.56 Å². The normalized spacial score (nSPS) is 26.3. The highest BCUT2D eigenvalue weighted by Crippen LogP contribution is 2.58. The number of benzene rings is 1. The number of guanidine groups is 1. The van der Waals surface area contributed by atoms with Crippen molar-refractivity contribution in [2.24, 2.45) is 21.6 Å². The number of nitrogens with one attached hydrogen (secondary N) is 1. The standard InChI is InChI=1S/C19H25F3N4O/c1-16(2)11-26(4)15(23)25-17(16,3)12-6-5-7-13(10-12)24-14(27)18(8-9-18)19(20,21)22/h5-7,10H,8-9,11H2,1-4H3,(H2,23,25)(H,24,27)/t17-/m1/s1. The summed E-state index contributed by atoms with van der Waals surface area (Å²) >= 11 is 0. The molecule has 0 spiro atoms. The number of hydrogen-bond acceptors (Lipinski definition) is 4. The first-order valence-electron chi connectivity index (χ1n) is 8.88. The smallest absolute Gasteiger partial charge is 0.370 e. The number of nitrogens with two attached hydrogens (primary N) is 1. The summed E-state index contributed by atoms with van der Waals surface area (Å²) in [6, 6.07) is 6.85. The van der Waals surface area contributed by atoms with Crippen LogP contribution in [-0.4, -0.2) is 36.5 Å². The first-order chi connectivity index (χ1) is 12.3. The molecule has 0 bridgehead atoms. The summed E-state index contributed by atoms with van der Waals surface area (Å²) in [6.07, 6.45) is -4.87. The quantitative estimate of drug-likeness (QED) is 0.841. The highest BCUT2D eigenvalue weighted by Gasteiger charge is 2.68. The predicted octanol–water partition coefficient (Wildman–Crippen LogP) is 3.47. The number of amides is 1. The predicted molar refractivity (Wildman–Crippen MR) is 98.2 cm³/mol. The molecular weight excluding hydrogens is 357 g/mol. The van der Waals surface area contributed by atoms with Crippen molar-refractivity contribution < 1.29 is 18.0 Å². The molecule has 3 rings (SSSR count). The van der Waals surface area contributed by atoms with Crippen LogP contribution in [0.3, 0.4) is 0 Å². The van der Waals surface area contributed by atoms with Crippen LogP contribution in [0.15, 0.2) is 29.3 Å². The van der Waals surface area contributed by atoms with E-state index in [4.69, 9.17) is 5.73 Å². The van der Waals surface area contributed by atoms with E-state index in [2.05, 4.69) is 24.2 Å². The van der Waals surface area contributed by atoms with Crippen LogP contribution in [0.5, 0.6) is 0 Å². The highest BCUT2D eigenvalue weighted by atomic mass is 19.4. The van der Waals surface area contributed by atoms with Gasteiger partial charge in [-0.2, -0.15) is 13.2 Å². The van der Waals surface area contributed by atoms with Crippen LogP contribution in [0.4, 0.5) is 18.9 Å². The number of carbonyl (C=O) groups excluding carboxylic acids is 1. The number of rotatable bonds is 3. The number of nitrogens with zero attached hydrogens (tertiary/aromatic N) is 2. The molecule has 5 nitrogen and oxygen atoms in total. The van der Waals surface area contributed by atoms with E-state index < -0.39 is 23.0 Å². The van der Waals surface area contributed by atoms with E-state index in [0.29, 0.717) is 18.2 Å². The van der Waals surface area contributed by atoms with Crippen molar-refractivity contribution in [3.63, 3.8) is 0 Å². The van der Waals surface area contributed by atoms with E-state index in [1.165, 1.54) is 0 Å². The van der Waals surface area contributed by atoms with Crippen LogP contribution in [0, 0.1) is 10.8 Å². The Bertz CT molecular complexity index is 798. The minimum Gasteiger partial charge on any atom is -0.370 e. The van der Waals surface area contributed by atoms with Crippen molar-refractivity contribution in [1.82, 2.24) is 4.90 Å². The minimum absolute atomic E-state index is 0.167. The van der Waals surface area contributed by atoms with Gasteiger partial charge in [0.05, 0.1) is 5.54 Å². The molecule has 1 amide bonds. The fourth-order valence-electron chi connectivity index (χ4n) is 3.66. The van der Waals surface area contributed by atoms with Crippen molar-refractivity contribution in [3.8, 4) is 0 Å². The third kappa shape index (κ3) is 3.04. The Hall–Kier alpha value is -2.25. The van der Waals surface area contributed by atoms with Crippen LogP contribution in [-0.2, 0) is 10.3 Å². The fraction of sp³-hybridized carbons (Fsp3) is 0.579. The zero-order valence-electron chi connectivity index (χ0n) is 15.9. The maximum atomic E-state index is 13.2. The van der Waals surface area contributed by atoms with Gasteiger partial charge in [0, 0.05) is 24.7 Å². The average Bonchev–Trinajstić information content (AvgIpc) is 3.34. The number of alkyl halides is 3. The monoisotopic (exact) mass is 382 g/mol. The number of hydrogen-bond donors (Lipinski definition) is 2. The molecule has 0 unspecified atom stereocenters. The Morgan fingerprint density at radius 2 is 1.89 bits per heavy atom. The Morgan fingerprint density at radius 1 is 1.26 bits per heavy atom. The lowest BCUT2D eigenvalue weighted by atomic mass is 9.68. The second-order valence-corrected chi connectivity index (χ2v) is 8.40. The van der Waals surface area contributed by atoms with Crippen molar-refractivity contribution in [3.05, 3.63) is 29.8 Å². The molecule has 1 fully saturated rings. The molecule has 148 valence electrons. The molecule has 8 heteroatoms. The molecular formula is C19H25F3N4O. The van der Waals surface area contributed by atoms with E-state index in [9.17, 15) is 18.0 Å². The SMILES string of the molecule is CN1CC(C)(C)[C@@](C)(c2cccc(NC(=O)C3(C(F)(F)F)CC3)c2)N=C1N. The summed E-state index contributed by atoms with van der Waals surface area (Å²) in [5, 5.41) is 2.45. The lowest BCUT2D eigenvalue weighted by molar-refractivity contribution is -0.189. The molecule has 27 heavy (non-hydrogen) atoms. The van der Waals surface area contributed by atoms with Gasteiger partial charge < -0.3 is 16.0 Å². The van der Waals surface area contributed by atoms with Gasteiger partial charge in [0.25, 0.3) is 0 Å². The first kappa shape index (κ1) is 19.5. The van der Waals surface area contributed by atoms with Gasteiger partial charge in [-0.25, -0.2) is 4.99 Å². The maximum absolute atomic E-state index is 13.2. The van der Waals surface area contributed by atoms with Gasteiger partial charge in [0.2, 0.25) is 5.91 Å². The summed E-state index contributed by atoms with van der Waals surface area (Å²) in [5.74, 6) is -0.594. The van der Waals surface area contributed by atoms with Gasteiger partial charge in [0.15, 0.2) is 5.96 Å². The Kier molecular flexibility index (Phi) is 4.24. The second-order valence-electron chi connectivity index (χ2n) is 8.40. The van der Waals surface area contributed by atoms with Gasteiger partial charge in [-0.15, -0.1) is 0 Å². The number of anilines is 1. The van der Waals surface area contributed by atoms with Crippen LogP contribution >= 0.6 is 0 Å². The summed E-state index contributed by atoms with van der Waals surface area (Å²) in [6.45, 7) is 6.75. The molecule has 1 atom stereocenters. The van der Waals surface area contributed by atoms with Crippen LogP contribution in [0.1, 0.15) is 39.2 Å². The fourth-order valence-corrected chi connectivity index (χ4v) is 3.66. The van der Waals surface area contributed by atoms with E-state index in [1.807, 2.05) is 24.9 Å². The van der Waals surface area contributed by atoms with Crippen LogP contribution in [0.2, 0.25) is 0 Å². The van der Waals surface area contributed by atoms with Crippen molar-refractivity contribution >= 4 is 17.6 Å². The Labute approximate surface area is 156 Å². The minimum atomic E-state index is -4.53. The van der Waals surface area contributed by atoms with Crippen molar-refractivity contribution in [2.75, 3.05) is 18.9 Å². The average molecular weight is 382 g/mol. The lowest BCUT2D eigenvalue weighted by Gasteiger charge is -2.48. The molecule has 2 aliphatic rings. The Balaban J connectivity index is 1.91. The van der Waals surface area contributed by atoms with Crippen molar-refractivity contribution in [2.45, 2.75) is 45.3 Å².